The van der Waals surface area contributed by atoms with Gasteiger partial charge in [0.05, 0.1) is 5.56 Å². The summed E-state index contributed by atoms with van der Waals surface area (Å²) in [5.74, 6) is 0.115. The van der Waals surface area contributed by atoms with Gasteiger partial charge in [0.15, 0.2) is 5.96 Å². The van der Waals surface area contributed by atoms with Gasteiger partial charge < -0.3 is 16.4 Å². The molecule has 0 aromatic heterocycles. The number of nitrogens with zero attached hydrogens (tertiary/aromatic N) is 3. The van der Waals surface area contributed by atoms with Crippen molar-refractivity contribution < 1.29 is 13.2 Å². The fourth-order valence-electron chi connectivity index (χ4n) is 2.76. The van der Waals surface area contributed by atoms with Crippen LogP contribution in [0.2, 0.25) is 0 Å². The molecule has 0 unspecified atom stereocenters. The Hall–Kier alpha value is -1.23. The maximum Gasteiger partial charge on any atom is 0.416 e. The Morgan fingerprint density at radius 3 is 2.36 bits per heavy atom. The number of anilines is 1. The van der Waals surface area contributed by atoms with Gasteiger partial charge in [-0.1, -0.05) is 6.07 Å². The number of nitrogens with two attached hydrogens (primary N) is 2. The Morgan fingerprint density at radius 1 is 1.08 bits per heavy atom. The third-order valence-electron chi connectivity index (χ3n) is 4.09. The SMILES string of the molecule is I.NC(N)=NCCCCN1CCN(c2cccc(C(F)(F)F)c2)CC1. The van der Waals surface area contributed by atoms with Gasteiger partial charge in [-0.3, -0.25) is 9.89 Å². The van der Waals surface area contributed by atoms with E-state index in [4.69, 9.17) is 11.5 Å². The fourth-order valence-corrected chi connectivity index (χ4v) is 2.76. The number of hydrogen-bond acceptors (Lipinski definition) is 3. The number of rotatable bonds is 6. The van der Waals surface area contributed by atoms with Gasteiger partial charge in [-0.2, -0.15) is 13.2 Å². The lowest BCUT2D eigenvalue weighted by molar-refractivity contribution is -0.137. The first-order valence-corrected chi connectivity index (χ1v) is 8.06. The number of benzene rings is 1. The highest BCUT2D eigenvalue weighted by atomic mass is 127. The number of guanidine groups is 1. The van der Waals surface area contributed by atoms with Gasteiger partial charge in [0, 0.05) is 38.4 Å². The van der Waals surface area contributed by atoms with E-state index in [0.29, 0.717) is 12.2 Å². The topological polar surface area (TPSA) is 70.9 Å². The summed E-state index contributed by atoms with van der Waals surface area (Å²) in [6.45, 7) is 4.74. The second kappa shape index (κ2) is 10.0. The Kier molecular flexibility index (Phi) is 8.77. The van der Waals surface area contributed by atoms with Crippen molar-refractivity contribution in [3.63, 3.8) is 0 Å². The first kappa shape index (κ1) is 21.8. The van der Waals surface area contributed by atoms with Crippen LogP contribution in [0, 0.1) is 0 Å². The third-order valence-corrected chi connectivity index (χ3v) is 4.09. The van der Waals surface area contributed by atoms with E-state index in [1.807, 2.05) is 4.90 Å². The van der Waals surface area contributed by atoms with Crippen molar-refractivity contribution in [2.24, 2.45) is 16.5 Å². The van der Waals surface area contributed by atoms with Crippen LogP contribution in [0.25, 0.3) is 0 Å². The minimum absolute atomic E-state index is 0. The van der Waals surface area contributed by atoms with E-state index in [1.54, 1.807) is 6.07 Å². The third kappa shape index (κ3) is 7.27. The van der Waals surface area contributed by atoms with Gasteiger partial charge in [0.1, 0.15) is 0 Å². The summed E-state index contributed by atoms with van der Waals surface area (Å²) in [7, 11) is 0. The summed E-state index contributed by atoms with van der Waals surface area (Å²) in [6.07, 6.45) is -2.38. The molecular formula is C16H25F3IN5. The summed E-state index contributed by atoms with van der Waals surface area (Å²) in [4.78, 5) is 8.26. The summed E-state index contributed by atoms with van der Waals surface area (Å²) in [6, 6.07) is 5.54. The number of halogens is 4. The molecule has 0 bridgehead atoms. The fraction of sp³-hybridized carbons (Fsp3) is 0.562. The van der Waals surface area contributed by atoms with Crippen LogP contribution >= 0.6 is 24.0 Å². The number of hydrogen-bond donors (Lipinski definition) is 2. The molecule has 1 aliphatic heterocycles. The van der Waals surface area contributed by atoms with Gasteiger partial charge in [0.2, 0.25) is 0 Å². The van der Waals surface area contributed by atoms with E-state index in [2.05, 4.69) is 9.89 Å². The van der Waals surface area contributed by atoms with Crippen molar-refractivity contribution in [2.75, 3.05) is 44.2 Å². The molecule has 0 spiro atoms. The average Bonchev–Trinajstić information content (AvgIpc) is 2.54. The Bertz CT molecular complexity index is 553. The van der Waals surface area contributed by atoms with Crippen LogP contribution < -0.4 is 16.4 Å². The molecule has 1 heterocycles. The van der Waals surface area contributed by atoms with Gasteiger partial charge in [-0.25, -0.2) is 0 Å². The van der Waals surface area contributed by atoms with Gasteiger partial charge in [-0.15, -0.1) is 24.0 Å². The zero-order chi connectivity index (χ0) is 17.6. The molecule has 0 atom stereocenters. The molecular weight excluding hydrogens is 446 g/mol. The molecule has 1 saturated heterocycles. The molecule has 1 fully saturated rings. The standard InChI is InChI=1S/C16H24F3N5.HI/c17-16(18,19)13-4-3-5-14(12-13)24-10-8-23(9-11-24)7-2-1-6-22-15(20)21;/h3-5,12H,1-2,6-11H2,(H4,20,21,22);1H. The molecule has 9 heteroatoms. The van der Waals surface area contributed by atoms with Crippen LogP contribution in [0.5, 0.6) is 0 Å². The zero-order valence-electron chi connectivity index (χ0n) is 14.0. The van der Waals surface area contributed by atoms with Crippen molar-refractivity contribution in [3.05, 3.63) is 29.8 Å². The first-order valence-electron chi connectivity index (χ1n) is 8.06. The average molecular weight is 471 g/mol. The lowest BCUT2D eigenvalue weighted by Gasteiger charge is -2.36. The highest BCUT2D eigenvalue weighted by Gasteiger charge is 2.31. The summed E-state index contributed by atoms with van der Waals surface area (Å²) < 4.78 is 38.4. The summed E-state index contributed by atoms with van der Waals surface area (Å²) in [5, 5.41) is 0. The van der Waals surface area contributed by atoms with E-state index in [1.165, 1.54) is 12.1 Å². The normalized spacial score (nSPS) is 15.6. The van der Waals surface area contributed by atoms with E-state index in [0.717, 1.165) is 51.6 Å². The van der Waals surface area contributed by atoms with E-state index in [9.17, 15) is 13.2 Å². The van der Waals surface area contributed by atoms with Crippen molar-refractivity contribution in [2.45, 2.75) is 19.0 Å². The van der Waals surface area contributed by atoms with Crippen molar-refractivity contribution in [1.82, 2.24) is 4.90 Å². The van der Waals surface area contributed by atoms with Gasteiger partial charge >= 0.3 is 6.18 Å². The van der Waals surface area contributed by atoms with Crippen molar-refractivity contribution in [1.29, 1.82) is 0 Å². The smallest absolute Gasteiger partial charge is 0.370 e. The summed E-state index contributed by atoms with van der Waals surface area (Å²) >= 11 is 0. The van der Waals surface area contributed by atoms with Crippen LogP contribution in [-0.2, 0) is 6.18 Å². The molecule has 4 N–H and O–H groups in total. The monoisotopic (exact) mass is 471 g/mol. The molecule has 2 rings (SSSR count). The molecule has 25 heavy (non-hydrogen) atoms. The van der Waals surface area contributed by atoms with Crippen molar-refractivity contribution >= 4 is 35.6 Å². The van der Waals surface area contributed by atoms with Crippen LogP contribution in [0.1, 0.15) is 18.4 Å². The molecule has 0 amide bonds. The minimum atomic E-state index is -4.30. The molecule has 1 aliphatic rings. The van der Waals surface area contributed by atoms with Gasteiger partial charge in [0.25, 0.3) is 0 Å². The second-order valence-electron chi connectivity index (χ2n) is 5.89. The number of piperazine rings is 1. The van der Waals surface area contributed by atoms with Crippen LogP contribution in [-0.4, -0.2) is 50.1 Å². The molecule has 1 aromatic carbocycles. The van der Waals surface area contributed by atoms with Crippen LogP contribution in [0.3, 0.4) is 0 Å². The first-order chi connectivity index (χ1) is 11.4. The van der Waals surface area contributed by atoms with Gasteiger partial charge in [-0.05, 0) is 37.6 Å². The largest absolute Gasteiger partial charge is 0.416 e. The quantitative estimate of drug-likeness (QED) is 0.290. The highest BCUT2D eigenvalue weighted by Crippen LogP contribution is 2.31. The molecule has 142 valence electrons. The van der Waals surface area contributed by atoms with E-state index in [-0.39, 0.29) is 29.9 Å². The number of alkyl halides is 3. The van der Waals surface area contributed by atoms with E-state index < -0.39 is 11.7 Å². The Morgan fingerprint density at radius 2 is 1.76 bits per heavy atom. The zero-order valence-corrected chi connectivity index (χ0v) is 16.3. The molecule has 1 aromatic rings. The Balaban J connectivity index is 0.00000312. The predicted octanol–water partition coefficient (Wildman–Crippen LogP) is 2.50. The maximum atomic E-state index is 12.8. The molecule has 0 radical (unpaired) electrons. The van der Waals surface area contributed by atoms with E-state index >= 15 is 0 Å². The molecule has 0 aliphatic carbocycles. The Labute approximate surface area is 163 Å². The van der Waals surface area contributed by atoms with Crippen LogP contribution in [0.15, 0.2) is 29.3 Å². The second-order valence-corrected chi connectivity index (χ2v) is 5.89. The van der Waals surface area contributed by atoms with Crippen molar-refractivity contribution in [3.8, 4) is 0 Å². The predicted molar refractivity (Wildman–Crippen MR) is 105 cm³/mol. The number of unbranched alkanes of at least 4 members (excludes halogenated alkanes) is 1. The lowest BCUT2D eigenvalue weighted by atomic mass is 10.1. The summed E-state index contributed by atoms with van der Waals surface area (Å²) in [5.41, 5.74) is 10.6. The molecule has 0 saturated carbocycles. The highest BCUT2D eigenvalue weighted by molar-refractivity contribution is 14.0. The minimum Gasteiger partial charge on any atom is -0.370 e. The number of aliphatic imine (C=N–C) groups is 1. The van der Waals surface area contributed by atoms with Crippen LogP contribution in [0.4, 0.5) is 18.9 Å². The maximum absolute atomic E-state index is 12.8. The molecule has 5 nitrogen and oxygen atoms in total. The lowest BCUT2D eigenvalue weighted by Crippen LogP contribution is -2.46.